The van der Waals surface area contributed by atoms with Crippen molar-refractivity contribution in [2.24, 2.45) is 0 Å². The summed E-state index contributed by atoms with van der Waals surface area (Å²) in [6.45, 7) is 2.73. The molecule has 4 heteroatoms. The molecule has 1 aliphatic heterocycles. The van der Waals surface area contributed by atoms with Gasteiger partial charge in [0.05, 0.1) is 5.25 Å². The highest BCUT2D eigenvalue weighted by atomic mass is 32.2. The van der Waals surface area contributed by atoms with Crippen LogP contribution < -0.4 is 4.90 Å². The normalized spacial score (nSPS) is 15.2. The number of para-hydroxylation sites is 1. The van der Waals surface area contributed by atoms with Gasteiger partial charge in [-0.1, -0.05) is 18.2 Å². The SMILES string of the molecule is CC(Sc1ccc(O)cc1)C(=O)N1CCCc2ccccc21. The Balaban J connectivity index is 1.75. The number of anilines is 1. The Kier molecular flexibility index (Phi) is 4.39. The monoisotopic (exact) mass is 313 g/mol. The first kappa shape index (κ1) is 15.0. The molecular weight excluding hydrogens is 294 g/mol. The van der Waals surface area contributed by atoms with Crippen molar-refractivity contribution in [2.45, 2.75) is 29.9 Å². The average Bonchev–Trinajstić information content (AvgIpc) is 2.55. The molecule has 22 heavy (non-hydrogen) atoms. The summed E-state index contributed by atoms with van der Waals surface area (Å²) in [6, 6.07) is 15.1. The Bertz CT molecular complexity index is 669. The maximum atomic E-state index is 12.8. The molecule has 1 amide bonds. The van der Waals surface area contributed by atoms with Crippen molar-refractivity contribution < 1.29 is 9.90 Å². The van der Waals surface area contributed by atoms with Crippen LogP contribution in [0.2, 0.25) is 0 Å². The van der Waals surface area contributed by atoms with Gasteiger partial charge in [0.1, 0.15) is 5.75 Å². The van der Waals surface area contributed by atoms with Crippen molar-refractivity contribution in [1.82, 2.24) is 0 Å². The van der Waals surface area contributed by atoms with Crippen LogP contribution in [0, 0.1) is 0 Å². The number of carbonyl (C=O) groups is 1. The summed E-state index contributed by atoms with van der Waals surface area (Å²) in [5.41, 5.74) is 2.31. The molecule has 3 nitrogen and oxygen atoms in total. The summed E-state index contributed by atoms with van der Waals surface area (Å²) >= 11 is 1.53. The second-order valence-corrected chi connectivity index (χ2v) is 6.89. The largest absolute Gasteiger partial charge is 0.508 e. The molecule has 2 aromatic carbocycles. The number of carbonyl (C=O) groups excluding carboxylic acids is 1. The molecule has 114 valence electrons. The van der Waals surface area contributed by atoms with Crippen LogP contribution >= 0.6 is 11.8 Å². The van der Waals surface area contributed by atoms with E-state index in [0.717, 1.165) is 30.0 Å². The van der Waals surface area contributed by atoms with Crippen molar-refractivity contribution >= 4 is 23.4 Å². The lowest BCUT2D eigenvalue weighted by atomic mass is 10.0. The number of nitrogens with zero attached hydrogens (tertiary/aromatic N) is 1. The van der Waals surface area contributed by atoms with E-state index in [2.05, 4.69) is 6.07 Å². The number of fused-ring (bicyclic) bond motifs is 1. The van der Waals surface area contributed by atoms with E-state index in [1.165, 1.54) is 17.3 Å². The number of hydrogen-bond donors (Lipinski definition) is 1. The van der Waals surface area contributed by atoms with E-state index in [9.17, 15) is 9.90 Å². The molecule has 0 aromatic heterocycles. The molecule has 0 radical (unpaired) electrons. The number of phenols is 1. The Morgan fingerprint density at radius 2 is 1.91 bits per heavy atom. The summed E-state index contributed by atoms with van der Waals surface area (Å²) in [5.74, 6) is 0.388. The first-order valence-electron chi connectivity index (χ1n) is 7.50. The number of phenolic OH excluding ortho intramolecular Hbond substituents is 1. The van der Waals surface area contributed by atoms with E-state index in [-0.39, 0.29) is 16.9 Å². The van der Waals surface area contributed by atoms with E-state index in [1.54, 1.807) is 12.1 Å². The third-order valence-corrected chi connectivity index (χ3v) is 4.97. The van der Waals surface area contributed by atoms with Gasteiger partial charge in [-0.15, -0.1) is 11.8 Å². The number of aryl methyl sites for hydroxylation is 1. The zero-order chi connectivity index (χ0) is 15.5. The number of amides is 1. The lowest BCUT2D eigenvalue weighted by Gasteiger charge is -2.31. The summed E-state index contributed by atoms with van der Waals surface area (Å²) < 4.78 is 0. The van der Waals surface area contributed by atoms with E-state index in [0.29, 0.717) is 0 Å². The van der Waals surface area contributed by atoms with Crippen LogP contribution in [-0.4, -0.2) is 22.8 Å². The first-order valence-corrected chi connectivity index (χ1v) is 8.38. The second-order valence-electron chi connectivity index (χ2n) is 5.48. The molecule has 1 unspecified atom stereocenters. The Hall–Kier alpha value is -1.94. The fraction of sp³-hybridized carbons (Fsp3) is 0.278. The molecule has 0 saturated heterocycles. The molecule has 0 saturated carbocycles. The molecule has 1 heterocycles. The standard InChI is InChI=1S/C18H19NO2S/c1-13(22-16-10-8-15(20)9-11-16)18(21)19-12-4-6-14-5-2-3-7-17(14)19/h2-3,5,7-11,13,20H,4,6,12H2,1H3. The molecule has 1 atom stereocenters. The van der Waals surface area contributed by atoms with Gasteiger partial charge in [0.15, 0.2) is 0 Å². The van der Waals surface area contributed by atoms with Crippen LogP contribution in [0.4, 0.5) is 5.69 Å². The number of thioether (sulfide) groups is 1. The summed E-state index contributed by atoms with van der Waals surface area (Å²) in [6.07, 6.45) is 2.05. The predicted molar refractivity (Wildman–Crippen MR) is 90.5 cm³/mol. The van der Waals surface area contributed by atoms with Gasteiger partial charge in [-0.3, -0.25) is 4.79 Å². The van der Waals surface area contributed by atoms with E-state index in [1.807, 2.05) is 42.2 Å². The van der Waals surface area contributed by atoms with Crippen LogP contribution in [-0.2, 0) is 11.2 Å². The van der Waals surface area contributed by atoms with Crippen LogP contribution in [0.5, 0.6) is 5.75 Å². The first-order chi connectivity index (χ1) is 10.6. The van der Waals surface area contributed by atoms with E-state index >= 15 is 0 Å². The third-order valence-electron chi connectivity index (χ3n) is 3.87. The Labute approximate surface area is 135 Å². The second kappa shape index (κ2) is 6.44. The predicted octanol–water partition coefficient (Wildman–Crippen LogP) is 3.85. The van der Waals surface area contributed by atoms with Crippen LogP contribution in [0.15, 0.2) is 53.4 Å². The van der Waals surface area contributed by atoms with Gasteiger partial charge in [-0.2, -0.15) is 0 Å². The smallest absolute Gasteiger partial charge is 0.240 e. The van der Waals surface area contributed by atoms with Crippen molar-refractivity contribution in [1.29, 1.82) is 0 Å². The van der Waals surface area contributed by atoms with Gasteiger partial charge in [0, 0.05) is 17.1 Å². The number of hydrogen-bond acceptors (Lipinski definition) is 3. The van der Waals surface area contributed by atoms with E-state index in [4.69, 9.17) is 0 Å². The van der Waals surface area contributed by atoms with Gasteiger partial charge in [-0.25, -0.2) is 0 Å². The highest BCUT2D eigenvalue weighted by molar-refractivity contribution is 8.00. The quantitative estimate of drug-likeness (QED) is 0.875. The molecule has 2 aromatic rings. The average molecular weight is 313 g/mol. The zero-order valence-electron chi connectivity index (χ0n) is 12.5. The molecule has 0 spiro atoms. The van der Waals surface area contributed by atoms with Gasteiger partial charge < -0.3 is 10.0 Å². The highest BCUT2D eigenvalue weighted by Gasteiger charge is 2.26. The van der Waals surface area contributed by atoms with Gasteiger partial charge in [0.25, 0.3) is 0 Å². The van der Waals surface area contributed by atoms with E-state index < -0.39 is 0 Å². The number of rotatable bonds is 3. The van der Waals surface area contributed by atoms with Crippen molar-refractivity contribution in [3.63, 3.8) is 0 Å². The molecule has 0 fully saturated rings. The minimum absolute atomic E-state index is 0.144. The minimum Gasteiger partial charge on any atom is -0.508 e. The lowest BCUT2D eigenvalue weighted by Crippen LogP contribution is -2.40. The third kappa shape index (κ3) is 3.12. The maximum absolute atomic E-state index is 12.8. The fourth-order valence-corrected chi connectivity index (χ4v) is 3.69. The number of aromatic hydroxyl groups is 1. The van der Waals surface area contributed by atoms with Crippen LogP contribution in [0.1, 0.15) is 18.9 Å². The van der Waals surface area contributed by atoms with Gasteiger partial charge >= 0.3 is 0 Å². The molecule has 1 aliphatic rings. The van der Waals surface area contributed by atoms with Crippen LogP contribution in [0.3, 0.4) is 0 Å². The topological polar surface area (TPSA) is 40.5 Å². The molecule has 0 bridgehead atoms. The molecular formula is C18H19NO2S. The van der Waals surface area contributed by atoms with Crippen molar-refractivity contribution in [2.75, 3.05) is 11.4 Å². The van der Waals surface area contributed by atoms with Crippen molar-refractivity contribution in [3.05, 3.63) is 54.1 Å². The Morgan fingerprint density at radius 1 is 1.18 bits per heavy atom. The molecule has 3 rings (SSSR count). The summed E-state index contributed by atoms with van der Waals surface area (Å²) in [7, 11) is 0. The highest BCUT2D eigenvalue weighted by Crippen LogP contribution is 2.31. The van der Waals surface area contributed by atoms with Crippen molar-refractivity contribution in [3.8, 4) is 5.75 Å². The summed E-state index contributed by atoms with van der Waals surface area (Å²) in [4.78, 5) is 15.7. The molecule has 0 aliphatic carbocycles. The molecule has 1 N–H and O–H groups in total. The maximum Gasteiger partial charge on any atom is 0.240 e. The Morgan fingerprint density at radius 3 is 2.68 bits per heavy atom. The zero-order valence-corrected chi connectivity index (χ0v) is 13.3. The number of benzene rings is 2. The lowest BCUT2D eigenvalue weighted by molar-refractivity contribution is -0.117. The van der Waals surface area contributed by atoms with Gasteiger partial charge in [0.2, 0.25) is 5.91 Å². The fourth-order valence-electron chi connectivity index (χ4n) is 2.76. The summed E-state index contributed by atoms with van der Waals surface area (Å²) in [5, 5.41) is 9.17. The minimum atomic E-state index is -0.157. The van der Waals surface area contributed by atoms with Gasteiger partial charge in [-0.05, 0) is 55.7 Å². The van der Waals surface area contributed by atoms with Crippen LogP contribution in [0.25, 0.3) is 0 Å².